The lowest BCUT2D eigenvalue weighted by Gasteiger charge is -2.27. The van der Waals surface area contributed by atoms with Crippen molar-refractivity contribution in [3.05, 3.63) is 23.3 Å². The topological polar surface area (TPSA) is 74.6 Å². The van der Waals surface area contributed by atoms with Crippen LogP contribution in [0.3, 0.4) is 0 Å². The number of carbonyl (C=O) groups excluding carboxylic acids is 2. The van der Waals surface area contributed by atoms with Crippen molar-refractivity contribution < 1.29 is 19.8 Å². The van der Waals surface area contributed by atoms with E-state index in [4.69, 9.17) is 0 Å². The summed E-state index contributed by atoms with van der Waals surface area (Å²) in [6.45, 7) is 3.14. The lowest BCUT2D eigenvalue weighted by molar-refractivity contribution is -0.132. The van der Waals surface area contributed by atoms with E-state index in [0.29, 0.717) is 30.4 Å². The van der Waals surface area contributed by atoms with Crippen molar-refractivity contribution in [3.8, 4) is 11.5 Å². The Hall–Kier alpha value is -1.84. The van der Waals surface area contributed by atoms with Gasteiger partial charge in [-0.3, -0.25) is 9.59 Å². The number of Topliss-reactive ketones (excluding diaryl/α,β-unsaturated/α-hetero) is 2. The Labute approximate surface area is 105 Å². The van der Waals surface area contributed by atoms with Gasteiger partial charge in [0, 0.05) is 6.42 Å². The normalized spacial score (nSPS) is 23.3. The maximum Gasteiger partial charge on any atom is 0.157 e. The van der Waals surface area contributed by atoms with Crippen LogP contribution < -0.4 is 0 Å². The lowest BCUT2D eigenvalue weighted by Crippen LogP contribution is -2.39. The molecule has 1 aromatic rings. The van der Waals surface area contributed by atoms with E-state index in [-0.39, 0.29) is 23.1 Å². The fraction of sp³-hybridized carbons (Fsp3) is 0.429. The van der Waals surface area contributed by atoms with Gasteiger partial charge in [0.05, 0.1) is 0 Å². The van der Waals surface area contributed by atoms with Crippen molar-refractivity contribution in [2.24, 2.45) is 0 Å². The molecule has 0 amide bonds. The zero-order valence-corrected chi connectivity index (χ0v) is 10.5. The third kappa shape index (κ3) is 1.60. The predicted octanol–water partition coefficient (Wildman–Crippen LogP) is 1.99. The van der Waals surface area contributed by atoms with Gasteiger partial charge in [-0.25, -0.2) is 0 Å². The van der Waals surface area contributed by atoms with Crippen molar-refractivity contribution in [2.45, 2.75) is 38.5 Å². The summed E-state index contributed by atoms with van der Waals surface area (Å²) < 4.78 is 0. The third-order valence-corrected chi connectivity index (χ3v) is 3.81. The maximum absolute atomic E-state index is 12.1. The minimum absolute atomic E-state index is 0.0943. The van der Waals surface area contributed by atoms with Gasteiger partial charge in [0.1, 0.15) is 11.2 Å². The summed E-state index contributed by atoms with van der Waals surface area (Å²) in [5, 5.41) is 19.0. The molecule has 18 heavy (non-hydrogen) atoms. The van der Waals surface area contributed by atoms with Crippen LogP contribution in [-0.2, 0) is 15.0 Å². The average Bonchev–Trinajstić information content (AvgIpc) is 2.66. The number of ketones is 2. The van der Waals surface area contributed by atoms with Gasteiger partial charge in [0.15, 0.2) is 17.3 Å². The molecule has 0 heterocycles. The van der Waals surface area contributed by atoms with Gasteiger partial charge in [-0.05, 0) is 49.9 Å². The molecule has 1 atom stereocenters. The summed E-state index contributed by atoms with van der Waals surface area (Å²) in [6, 6.07) is 2.73. The second kappa shape index (κ2) is 4.12. The van der Waals surface area contributed by atoms with Crippen molar-refractivity contribution in [1.82, 2.24) is 0 Å². The zero-order chi connectivity index (χ0) is 13.5. The number of phenolic OH excluding ortho intramolecular Hbond substituents is 2. The molecule has 1 aliphatic carbocycles. The molecular weight excluding hydrogens is 232 g/mol. The quantitative estimate of drug-likeness (QED) is 0.620. The molecule has 4 heteroatoms. The van der Waals surface area contributed by atoms with Crippen LogP contribution in [0.1, 0.15) is 37.3 Å². The monoisotopic (exact) mass is 248 g/mol. The molecule has 0 aromatic heterocycles. The molecule has 0 spiro atoms. The van der Waals surface area contributed by atoms with Crippen LogP contribution >= 0.6 is 0 Å². The molecule has 4 nitrogen and oxygen atoms in total. The van der Waals surface area contributed by atoms with E-state index in [9.17, 15) is 19.8 Å². The fourth-order valence-corrected chi connectivity index (χ4v) is 2.85. The third-order valence-electron chi connectivity index (χ3n) is 3.81. The first-order valence-corrected chi connectivity index (χ1v) is 5.97. The first kappa shape index (κ1) is 12.6. The number of benzene rings is 1. The Morgan fingerprint density at radius 1 is 1.28 bits per heavy atom. The lowest BCUT2D eigenvalue weighted by atomic mass is 9.73. The number of rotatable bonds is 2. The van der Waals surface area contributed by atoms with E-state index >= 15 is 0 Å². The highest BCUT2D eigenvalue weighted by Crippen LogP contribution is 2.43. The standard InChI is InChI=1S/C14H16O4/c1-8-6-11(16)12(17)7-10(8)14(9(2)15)5-3-4-13(14)18/h6-7,16-17H,3-5H2,1-2H3. The highest BCUT2D eigenvalue weighted by atomic mass is 16.3. The van der Waals surface area contributed by atoms with E-state index in [0.717, 1.165) is 0 Å². The van der Waals surface area contributed by atoms with Crippen LogP contribution in [0.2, 0.25) is 0 Å². The maximum atomic E-state index is 12.1. The molecule has 0 radical (unpaired) electrons. The first-order valence-electron chi connectivity index (χ1n) is 5.97. The minimum Gasteiger partial charge on any atom is -0.504 e. The number of aryl methyl sites for hydroxylation is 1. The van der Waals surface area contributed by atoms with E-state index in [1.54, 1.807) is 6.92 Å². The summed E-state index contributed by atoms with van der Waals surface area (Å²) in [5.41, 5.74) is 0.0403. The van der Waals surface area contributed by atoms with Gasteiger partial charge in [0.25, 0.3) is 0 Å². The summed E-state index contributed by atoms with van der Waals surface area (Å²) in [7, 11) is 0. The van der Waals surface area contributed by atoms with Gasteiger partial charge in [-0.15, -0.1) is 0 Å². The van der Waals surface area contributed by atoms with Crippen molar-refractivity contribution >= 4 is 11.6 Å². The molecule has 1 fully saturated rings. The number of hydrogen-bond acceptors (Lipinski definition) is 4. The summed E-state index contributed by atoms with van der Waals surface area (Å²) in [5.74, 6) is -0.822. The van der Waals surface area contributed by atoms with Crippen LogP contribution in [0.15, 0.2) is 12.1 Å². The van der Waals surface area contributed by atoms with Gasteiger partial charge in [-0.2, -0.15) is 0 Å². The van der Waals surface area contributed by atoms with Crippen molar-refractivity contribution in [3.63, 3.8) is 0 Å². The second-order valence-electron chi connectivity index (χ2n) is 4.89. The molecule has 1 unspecified atom stereocenters. The highest BCUT2D eigenvalue weighted by Gasteiger charge is 2.48. The Bertz CT molecular complexity index is 533. The molecule has 1 saturated carbocycles. The SMILES string of the molecule is CC(=O)C1(c2cc(O)c(O)cc2C)CCCC1=O. The van der Waals surface area contributed by atoms with Crippen LogP contribution in [0.5, 0.6) is 11.5 Å². The summed E-state index contributed by atoms with van der Waals surface area (Å²) >= 11 is 0. The Kier molecular flexibility index (Phi) is 2.89. The smallest absolute Gasteiger partial charge is 0.157 e. The zero-order valence-electron chi connectivity index (χ0n) is 10.5. The molecule has 1 aromatic carbocycles. The van der Waals surface area contributed by atoms with E-state index in [2.05, 4.69) is 0 Å². The second-order valence-corrected chi connectivity index (χ2v) is 4.89. The Morgan fingerprint density at radius 2 is 1.89 bits per heavy atom. The molecule has 0 bridgehead atoms. The minimum atomic E-state index is -1.13. The molecule has 2 rings (SSSR count). The number of hydrogen-bond donors (Lipinski definition) is 2. The van der Waals surface area contributed by atoms with Gasteiger partial charge in [-0.1, -0.05) is 0 Å². The molecule has 1 aliphatic rings. The predicted molar refractivity (Wildman–Crippen MR) is 65.7 cm³/mol. The van der Waals surface area contributed by atoms with Gasteiger partial charge >= 0.3 is 0 Å². The highest BCUT2D eigenvalue weighted by molar-refractivity contribution is 6.13. The summed E-state index contributed by atoms with van der Waals surface area (Å²) in [4.78, 5) is 24.1. The van der Waals surface area contributed by atoms with E-state index < -0.39 is 5.41 Å². The molecule has 0 aliphatic heterocycles. The molecular formula is C14H16O4. The van der Waals surface area contributed by atoms with Crippen LogP contribution in [0, 0.1) is 6.92 Å². The Morgan fingerprint density at radius 3 is 2.39 bits per heavy atom. The number of aromatic hydroxyl groups is 2. The van der Waals surface area contributed by atoms with Crippen molar-refractivity contribution in [2.75, 3.05) is 0 Å². The van der Waals surface area contributed by atoms with Crippen LogP contribution in [0.4, 0.5) is 0 Å². The number of carbonyl (C=O) groups is 2. The Balaban J connectivity index is 2.68. The molecule has 2 N–H and O–H groups in total. The fourth-order valence-electron chi connectivity index (χ4n) is 2.85. The molecule has 96 valence electrons. The summed E-state index contributed by atoms with van der Waals surface area (Å²) in [6.07, 6.45) is 1.55. The number of phenols is 2. The van der Waals surface area contributed by atoms with Crippen LogP contribution in [-0.4, -0.2) is 21.8 Å². The van der Waals surface area contributed by atoms with Crippen molar-refractivity contribution in [1.29, 1.82) is 0 Å². The largest absolute Gasteiger partial charge is 0.504 e. The average molecular weight is 248 g/mol. The van der Waals surface area contributed by atoms with Gasteiger partial charge < -0.3 is 10.2 Å². The van der Waals surface area contributed by atoms with E-state index in [1.165, 1.54) is 19.1 Å². The van der Waals surface area contributed by atoms with Crippen LogP contribution in [0.25, 0.3) is 0 Å². The van der Waals surface area contributed by atoms with E-state index in [1.807, 2.05) is 0 Å². The van der Waals surface area contributed by atoms with Gasteiger partial charge in [0.2, 0.25) is 0 Å². The first-order chi connectivity index (χ1) is 8.39. The molecule has 0 saturated heterocycles.